The van der Waals surface area contributed by atoms with Crippen LogP contribution in [-0.4, -0.2) is 10.9 Å². The highest BCUT2D eigenvalue weighted by Crippen LogP contribution is 2.26. The highest BCUT2D eigenvalue weighted by Gasteiger charge is 2.09. The van der Waals surface area contributed by atoms with E-state index in [0.717, 1.165) is 27.8 Å². The van der Waals surface area contributed by atoms with E-state index < -0.39 is 0 Å². The summed E-state index contributed by atoms with van der Waals surface area (Å²) >= 11 is 0. The molecule has 0 aliphatic heterocycles. The summed E-state index contributed by atoms with van der Waals surface area (Å²) < 4.78 is 5.84. The topological polar surface area (TPSA) is 55.1 Å². The molecule has 4 rings (SSSR count). The van der Waals surface area contributed by atoms with Crippen molar-refractivity contribution in [1.82, 2.24) is 4.98 Å². The Kier molecular flexibility index (Phi) is 4.54. The Morgan fingerprint density at radius 2 is 1.85 bits per heavy atom. The maximum absolute atomic E-state index is 12.2. The van der Waals surface area contributed by atoms with E-state index in [2.05, 4.69) is 10.3 Å². The normalized spacial score (nSPS) is 11.1. The van der Waals surface area contributed by atoms with Gasteiger partial charge in [0.1, 0.15) is 5.52 Å². The fourth-order valence-corrected chi connectivity index (χ4v) is 2.81. The maximum Gasteiger partial charge on any atom is 0.248 e. The Hall–Kier alpha value is -3.66. The van der Waals surface area contributed by atoms with E-state index in [1.54, 1.807) is 6.08 Å². The second-order valence-corrected chi connectivity index (χ2v) is 6.30. The van der Waals surface area contributed by atoms with Crippen molar-refractivity contribution in [1.29, 1.82) is 0 Å². The predicted molar refractivity (Wildman–Crippen MR) is 108 cm³/mol. The standard InChI is InChI=1S/C23H18N2O2/c1-16-10-12-21-20(14-16)25-23(27-21)18-8-5-9-19(15-18)24-22(26)13-11-17-6-3-2-4-7-17/h2-15H,1H3,(H,24,26)/b13-11+. The van der Waals surface area contributed by atoms with Crippen LogP contribution < -0.4 is 5.32 Å². The lowest BCUT2D eigenvalue weighted by molar-refractivity contribution is -0.111. The van der Waals surface area contributed by atoms with E-state index in [-0.39, 0.29) is 5.91 Å². The van der Waals surface area contributed by atoms with Crippen LogP contribution in [-0.2, 0) is 4.79 Å². The lowest BCUT2D eigenvalue weighted by Gasteiger charge is -2.03. The summed E-state index contributed by atoms with van der Waals surface area (Å²) in [5.74, 6) is 0.343. The molecule has 0 unspecified atom stereocenters. The zero-order valence-electron chi connectivity index (χ0n) is 14.8. The van der Waals surface area contributed by atoms with Crippen molar-refractivity contribution in [3.05, 3.63) is 90.0 Å². The molecule has 1 amide bonds. The van der Waals surface area contributed by atoms with Gasteiger partial charge in [-0.15, -0.1) is 0 Å². The Balaban J connectivity index is 1.53. The molecule has 27 heavy (non-hydrogen) atoms. The van der Waals surface area contributed by atoms with Crippen molar-refractivity contribution >= 4 is 28.8 Å². The first-order chi connectivity index (χ1) is 13.2. The van der Waals surface area contributed by atoms with Gasteiger partial charge in [0, 0.05) is 17.3 Å². The van der Waals surface area contributed by atoms with Crippen molar-refractivity contribution in [2.24, 2.45) is 0 Å². The fourth-order valence-electron chi connectivity index (χ4n) is 2.81. The number of aromatic nitrogens is 1. The molecule has 0 fully saturated rings. The molecule has 0 saturated heterocycles. The number of aryl methyl sites for hydroxylation is 1. The summed E-state index contributed by atoms with van der Waals surface area (Å²) in [4.78, 5) is 16.7. The van der Waals surface area contributed by atoms with Crippen LogP contribution in [0.1, 0.15) is 11.1 Å². The van der Waals surface area contributed by atoms with Gasteiger partial charge in [-0.3, -0.25) is 4.79 Å². The molecule has 1 N–H and O–H groups in total. The summed E-state index contributed by atoms with van der Waals surface area (Å²) in [5, 5.41) is 2.87. The smallest absolute Gasteiger partial charge is 0.248 e. The molecular formula is C23H18N2O2. The number of nitrogens with zero attached hydrogens (tertiary/aromatic N) is 1. The molecule has 1 heterocycles. The van der Waals surface area contributed by atoms with Crippen molar-refractivity contribution in [3.8, 4) is 11.5 Å². The first kappa shape index (κ1) is 16.8. The van der Waals surface area contributed by atoms with Crippen LogP contribution in [0.5, 0.6) is 0 Å². The fraction of sp³-hybridized carbons (Fsp3) is 0.0435. The molecule has 0 spiro atoms. The van der Waals surface area contributed by atoms with E-state index in [0.29, 0.717) is 11.6 Å². The monoisotopic (exact) mass is 354 g/mol. The largest absolute Gasteiger partial charge is 0.436 e. The van der Waals surface area contributed by atoms with Crippen molar-refractivity contribution in [2.75, 3.05) is 5.32 Å². The predicted octanol–water partition coefficient (Wildman–Crippen LogP) is 5.46. The first-order valence-electron chi connectivity index (χ1n) is 8.69. The molecule has 3 aromatic carbocycles. The molecule has 132 valence electrons. The van der Waals surface area contributed by atoms with Gasteiger partial charge < -0.3 is 9.73 Å². The van der Waals surface area contributed by atoms with E-state index in [4.69, 9.17) is 4.42 Å². The number of carbonyl (C=O) groups excluding carboxylic acids is 1. The van der Waals surface area contributed by atoms with Crippen LogP contribution >= 0.6 is 0 Å². The maximum atomic E-state index is 12.2. The zero-order chi connectivity index (χ0) is 18.6. The molecule has 0 saturated carbocycles. The third-order valence-electron chi connectivity index (χ3n) is 4.15. The quantitative estimate of drug-likeness (QED) is 0.495. The van der Waals surface area contributed by atoms with Gasteiger partial charge in [0.25, 0.3) is 0 Å². The van der Waals surface area contributed by atoms with E-state index in [1.807, 2.05) is 79.7 Å². The van der Waals surface area contributed by atoms with Gasteiger partial charge in [0.05, 0.1) is 0 Å². The number of anilines is 1. The second-order valence-electron chi connectivity index (χ2n) is 6.30. The van der Waals surface area contributed by atoms with Gasteiger partial charge in [0.15, 0.2) is 5.58 Å². The number of benzene rings is 3. The highest BCUT2D eigenvalue weighted by molar-refractivity contribution is 6.02. The molecule has 0 aliphatic rings. The SMILES string of the molecule is Cc1ccc2oc(-c3cccc(NC(=O)/C=C/c4ccccc4)c3)nc2c1. The Morgan fingerprint density at radius 1 is 1.00 bits per heavy atom. The lowest BCUT2D eigenvalue weighted by atomic mass is 10.2. The van der Waals surface area contributed by atoms with Crippen LogP contribution in [0.15, 0.2) is 83.3 Å². The average molecular weight is 354 g/mol. The molecule has 0 bridgehead atoms. The number of hydrogen-bond donors (Lipinski definition) is 1. The highest BCUT2D eigenvalue weighted by atomic mass is 16.3. The number of amides is 1. The van der Waals surface area contributed by atoms with Crippen LogP contribution in [0.25, 0.3) is 28.6 Å². The molecule has 1 aromatic heterocycles. The molecule has 0 radical (unpaired) electrons. The zero-order valence-corrected chi connectivity index (χ0v) is 14.8. The Labute approximate surface area is 157 Å². The van der Waals surface area contributed by atoms with Gasteiger partial charge in [-0.1, -0.05) is 42.5 Å². The van der Waals surface area contributed by atoms with E-state index in [1.165, 1.54) is 6.08 Å². The van der Waals surface area contributed by atoms with Crippen LogP contribution in [0.2, 0.25) is 0 Å². The number of carbonyl (C=O) groups is 1. The lowest BCUT2D eigenvalue weighted by Crippen LogP contribution is -2.07. The summed E-state index contributed by atoms with van der Waals surface area (Å²) in [7, 11) is 0. The summed E-state index contributed by atoms with van der Waals surface area (Å²) in [6.45, 7) is 2.02. The van der Waals surface area contributed by atoms with Gasteiger partial charge in [-0.25, -0.2) is 4.98 Å². The average Bonchev–Trinajstić information content (AvgIpc) is 3.11. The van der Waals surface area contributed by atoms with Gasteiger partial charge >= 0.3 is 0 Å². The number of oxazole rings is 1. The van der Waals surface area contributed by atoms with Gasteiger partial charge in [-0.2, -0.15) is 0 Å². The third kappa shape index (κ3) is 3.96. The molecule has 4 aromatic rings. The minimum absolute atomic E-state index is 0.191. The molecule has 0 atom stereocenters. The number of rotatable bonds is 4. The summed E-state index contributed by atoms with van der Waals surface area (Å²) in [6, 6.07) is 23.1. The molecule has 4 nitrogen and oxygen atoms in total. The number of nitrogens with one attached hydrogen (secondary N) is 1. The minimum Gasteiger partial charge on any atom is -0.436 e. The van der Waals surface area contributed by atoms with Gasteiger partial charge in [-0.05, 0) is 54.5 Å². The van der Waals surface area contributed by atoms with Crippen molar-refractivity contribution in [3.63, 3.8) is 0 Å². The van der Waals surface area contributed by atoms with E-state index in [9.17, 15) is 4.79 Å². The Morgan fingerprint density at radius 3 is 2.70 bits per heavy atom. The molecular weight excluding hydrogens is 336 g/mol. The summed E-state index contributed by atoms with van der Waals surface area (Å²) in [6.07, 6.45) is 3.30. The third-order valence-corrected chi connectivity index (χ3v) is 4.15. The number of fused-ring (bicyclic) bond motifs is 1. The summed E-state index contributed by atoms with van der Waals surface area (Å²) in [5.41, 5.74) is 5.18. The van der Waals surface area contributed by atoms with Crippen LogP contribution in [0, 0.1) is 6.92 Å². The Bertz CT molecular complexity index is 1130. The number of hydrogen-bond acceptors (Lipinski definition) is 3. The second kappa shape index (κ2) is 7.30. The van der Waals surface area contributed by atoms with Crippen LogP contribution in [0.3, 0.4) is 0 Å². The van der Waals surface area contributed by atoms with Crippen molar-refractivity contribution < 1.29 is 9.21 Å². The van der Waals surface area contributed by atoms with E-state index >= 15 is 0 Å². The van der Waals surface area contributed by atoms with Gasteiger partial charge in [0.2, 0.25) is 11.8 Å². The minimum atomic E-state index is -0.191. The van der Waals surface area contributed by atoms with Crippen molar-refractivity contribution in [2.45, 2.75) is 6.92 Å². The van der Waals surface area contributed by atoms with Crippen LogP contribution in [0.4, 0.5) is 5.69 Å². The molecule has 4 heteroatoms. The first-order valence-corrected chi connectivity index (χ1v) is 8.69. The molecule has 0 aliphatic carbocycles.